The Morgan fingerprint density at radius 3 is 3.23 bits per heavy atom. The van der Waals surface area contributed by atoms with Crippen LogP contribution in [0.3, 0.4) is 0 Å². The van der Waals surface area contributed by atoms with Gasteiger partial charge in [-0.2, -0.15) is 0 Å². The molecule has 3 rings (SSSR count). The number of rotatable bonds is 0. The van der Waals surface area contributed by atoms with Crippen LogP contribution in [-0.4, -0.2) is 10.1 Å². The molecule has 3 heteroatoms. The van der Waals surface area contributed by atoms with E-state index in [1.807, 2.05) is 6.92 Å². The molecule has 0 spiro atoms. The molecule has 1 aliphatic carbocycles. The maximum Gasteiger partial charge on any atom is 0.185 e. The number of hydrogen-bond acceptors (Lipinski definition) is 3. The molecule has 66 valence electrons. The first-order valence-corrected chi connectivity index (χ1v) is 4.59. The average molecular weight is 174 g/mol. The summed E-state index contributed by atoms with van der Waals surface area (Å²) in [6.45, 7) is 1.93. The second-order valence-corrected chi connectivity index (χ2v) is 3.56. The van der Waals surface area contributed by atoms with E-state index in [-0.39, 0.29) is 0 Å². The van der Waals surface area contributed by atoms with Crippen LogP contribution in [0.4, 0.5) is 0 Å². The Balaban J connectivity index is 2.38. The summed E-state index contributed by atoms with van der Waals surface area (Å²) in [5.74, 6) is 0. The minimum absolute atomic E-state index is 0.832. The minimum atomic E-state index is 0.832. The molecule has 0 N–H and O–H groups in total. The molecule has 0 radical (unpaired) electrons. The monoisotopic (exact) mass is 174 g/mol. The van der Waals surface area contributed by atoms with Gasteiger partial charge in [-0.05, 0) is 37.8 Å². The zero-order chi connectivity index (χ0) is 8.84. The third kappa shape index (κ3) is 0.899. The molecular formula is C10H10N2O. The minimum Gasteiger partial charge on any atom is -0.354 e. The number of pyridine rings is 1. The highest BCUT2D eigenvalue weighted by atomic mass is 16.5. The van der Waals surface area contributed by atoms with Gasteiger partial charge in [-0.25, -0.2) is 4.98 Å². The van der Waals surface area contributed by atoms with Gasteiger partial charge in [0, 0.05) is 5.69 Å². The van der Waals surface area contributed by atoms with Crippen molar-refractivity contribution < 1.29 is 4.52 Å². The Kier molecular flexibility index (Phi) is 1.26. The summed E-state index contributed by atoms with van der Waals surface area (Å²) >= 11 is 0. The fourth-order valence-corrected chi connectivity index (χ4v) is 1.94. The lowest BCUT2D eigenvalue weighted by Crippen LogP contribution is -1.88. The smallest absolute Gasteiger partial charge is 0.185 e. The predicted molar refractivity (Wildman–Crippen MR) is 48.6 cm³/mol. The van der Waals surface area contributed by atoms with Crippen LogP contribution in [0.2, 0.25) is 0 Å². The van der Waals surface area contributed by atoms with Crippen LogP contribution in [-0.2, 0) is 12.8 Å². The summed E-state index contributed by atoms with van der Waals surface area (Å²) in [5.41, 5.74) is 5.23. The van der Waals surface area contributed by atoms with Gasteiger partial charge in [0.2, 0.25) is 0 Å². The summed E-state index contributed by atoms with van der Waals surface area (Å²) in [4.78, 5) is 4.56. The largest absolute Gasteiger partial charge is 0.354 e. The lowest BCUT2D eigenvalue weighted by atomic mass is 10.2. The standard InChI is InChI=1S/C10H10N2O/c1-6-10-9(13-12-6)5-7-3-2-4-8(7)11-10/h5H,2-4H2,1H3. The van der Waals surface area contributed by atoms with Gasteiger partial charge in [0.1, 0.15) is 11.2 Å². The van der Waals surface area contributed by atoms with E-state index < -0.39 is 0 Å². The van der Waals surface area contributed by atoms with Crippen molar-refractivity contribution in [2.45, 2.75) is 26.2 Å². The van der Waals surface area contributed by atoms with E-state index in [1.165, 1.54) is 17.7 Å². The molecule has 2 aromatic rings. The Morgan fingerprint density at radius 1 is 1.38 bits per heavy atom. The van der Waals surface area contributed by atoms with Crippen LogP contribution in [0.15, 0.2) is 10.6 Å². The van der Waals surface area contributed by atoms with E-state index in [0.29, 0.717) is 0 Å². The van der Waals surface area contributed by atoms with Crippen molar-refractivity contribution in [1.82, 2.24) is 10.1 Å². The van der Waals surface area contributed by atoms with Crippen molar-refractivity contribution in [3.05, 3.63) is 23.0 Å². The predicted octanol–water partition coefficient (Wildman–Crippen LogP) is 2.02. The fourth-order valence-electron chi connectivity index (χ4n) is 1.94. The van der Waals surface area contributed by atoms with Gasteiger partial charge < -0.3 is 4.52 Å². The second-order valence-electron chi connectivity index (χ2n) is 3.56. The summed E-state index contributed by atoms with van der Waals surface area (Å²) in [6, 6.07) is 2.09. The molecule has 0 bridgehead atoms. The Labute approximate surface area is 75.8 Å². The van der Waals surface area contributed by atoms with Gasteiger partial charge in [0.15, 0.2) is 5.58 Å². The van der Waals surface area contributed by atoms with E-state index >= 15 is 0 Å². The lowest BCUT2D eigenvalue weighted by molar-refractivity contribution is 0.450. The third-order valence-electron chi connectivity index (χ3n) is 2.64. The lowest BCUT2D eigenvalue weighted by Gasteiger charge is -1.95. The molecule has 0 aromatic carbocycles. The van der Waals surface area contributed by atoms with Crippen molar-refractivity contribution in [2.24, 2.45) is 0 Å². The van der Waals surface area contributed by atoms with Crippen LogP contribution in [0.5, 0.6) is 0 Å². The normalized spacial score (nSPS) is 15.2. The SMILES string of the molecule is Cc1noc2cc3c(nc12)CCC3. The summed E-state index contributed by atoms with van der Waals surface area (Å²) in [7, 11) is 0. The van der Waals surface area contributed by atoms with Crippen molar-refractivity contribution >= 4 is 11.1 Å². The van der Waals surface area contributed by atoms with E-state index in [0.717, 1.165) is 29.6 Å². The van der Waals surface area contributed by atoms with Crippen LogP contribution >= 0.6 is 0 Å². The second kappa shape index (κ2) is 2.31. The molecule has 2 heterocycles. The molecule has 0 amide bonds. The molecule has 1 aliphatic rings. The molecule has 0 unspecified atom stereocenters. The highest BCUT2D eigenvalue weighted by Gasteiger charge is 2.16. The zero-order valence-electron chi connectivity index (χ0n) is 7.50. The zero-order valence-corrected chi connectivity index (χ0v) is 7.50. The van der Waals surface area contributed by atoms with Crippen LogP contribution < -0.4 is 0 Å². The first-order chi connectivity index (χ1) is 6.34. The van der Waals surface area contributed by atoms with Crippen LogP contribution in [0.1, 0.15) is 23.4 Å². The van der Waals surface area contributed by atoms with E-state index in [1.54, 1.807) is 0 Å². The van der Waals surface area contributed by atoms with Crippen molar-refractivity contribution in [1.29, 1.82) is 0 Å². The summed E-state index contributed by atoms with van der Waals surface area (Å²) < 4.78 is 5.16. The quantitative estimate of drug-likeness (QED) is 0.613. The molecule has 0 fully saturated rings. The van der Waals surface area contributed by atoms with E-state index in [4.69, 9.17) is 4.52 Å². The maximum atomic E-state index is 5.16. The molecule has 0 atom stereocenters. The summed E-state index contributed by atoms with van der Waals surface area (Å²) in [6.07, 6.45) is 3.47. The first-order valence-electron chi connectivity index (χ1n) is 4.59. The maximum absolute atomic E-state index is 5.16. The molecular weight excluding hydrogens is 164 g/mol. The van der Waals surface area contributed by atoms with Crippen LogP contribution in [0, 0.1) is 6.92 Å². The van der Waals surface area contributed by atoms with Crippen LogP contribution in [0.25, 0.3) is 11.1 Å². The van der Waals surface area contributed by atoms with Crippen molar-refractivity contribution in [3.63, 3.8) is 0 Å². The molecule has 0 saturated heterocycles. The molecule has 2 aromatic heterocycles. The van der Waals surface area contributed by atoms with Crippen molar-refractivity contribution in [3.8, 4) is 0 Å². The Bertz CT molecular complexity index is 473. The molecule has 3 nitrogen and oxygen atoms in total. The fraction of sp³-hybridized carbons (Fsp3) is 0.400. The Hall–Kier alpha value is -1.38. The van der Waals surface area contributed by atoms with Gasteiger partial charge in [0.05, 0.1) is 0 Å². The highest BCUT2D eigenvalue weighted by molar-refractivity contribution is 5.75. The van der Waals surface area contributed by atoms with Gasteiger partial charge in [0.25, 0.3) is 0 Å². The average Bonchev–Trinajstić information content (AvgIpc) is 2.70. The molecule has 0 saturated carbocycles. The highest BCUT2D eigenvalue weighted by Crippen LogP contribution is 2.25. The van der Waals surface area contributed by atoms with Gasteiger partial charge in [-0.15, -0.1) is 0 Å². The summed E-state index contributed by atoms with van der Waals surface area (Å²) in [5, 5.41) is 3.90. The van der Waals surface area contributed by atoms with Gasteiger partial charge in [-0.3, -0.25) is 0 Å². The number of aryl methyl sites for hydroxylation is 3. The number of aromatic nitrogens is 2. The Morgan fingerprint density at radius 2 is 2.31 bits per heavy atom. The first kappa shape index (κ1) is 7.06. The number of nitrogens with zero attached hydrogens (tertiary/aromatic N) is 2. The number of hydrogen-bond donors (Lipinski definition) is 0. The topological polar surface area (TPSA) is 38.9 Å². The van der Waals surface area contributed by atoms with Gasteiger partial charge in [-0.1, -0.05) is 5.16 Å². The number of fused-ring (bicyclic) bond motifs is 2. The van der Waals surface area contributed by atoms with E-state index in [2.05, 4.69) is 16.2 Å². The third-order valence-corrected chi connectivity index (χ3v) is 2.64. The van der Waals surface area contributed by atoms with Gasteiger partial charge >= 0.3 is 0 Å². The van der Waals surface area contributed by atoms with E-state index in [9.17, 15) is 0 Å². The molecule has 0 aliphatic heterocycles. The van der Waals surface area contributed by atoms with Crippen molar-refractivity contribution in [2.75, 3.05) is 0 Å². The molecule has 13 heavy (non-hydrogen) atoms.